The van der Waals surface area contributed by atoms with Crippen molar-refractivity contribution in [2.24, 2.45) is 11.8 Å². The van der Waals surface area contributed by atoms with Crippen LogP contribution in [0.4, 0.5) is 0 Å². The molecule has 3 rings (SSSR count). The largest absolute Gasteiger partial charge is 0.481 e. The number of rotatable bonds is 12. The first-order valence-electron chi connectivity index (χ1n) is 11.4. The molecule has 1 aliphatic rings. The summed E-state index contributed by atoms with van der Waals surface area (Å²) in [4.78, 5) is 36.9. The summed E-state index contributed by atoms with van der Waals surface area (Å²) < 4.78 is 6.32. The fourth-order valence-corrected chi connectivity index (χ4v) is 5.32. The lowest BCUT2D eigenvalue weighted by Crippen LogP contribution is -2.51. The molecule has 2 heterocycles. The van der Waals surface area contributed by atoms with E-state index in [1.165, 1.54) is 11.3 Å². The van der Waals surface area contributed by atoms with Crippen LogP contribution in [-0.2, 0) is 20.9 Å². The van der Waals surface area contributed by atoms with Crippen molar-refractivity contribution < 1.29 is 24.4 Å². The zero-order chi connectivity index (χ0) is 24.7. The molecule has 10 heteroatoms. The molecule has 1 saturated heterocycles. The molecule has 1 amide bonds. The molecule has 184 valence electrons. The Morgan fingerprint density at radius 3 is 2.59 bits per heavy atom. The minimum absolute atomic E-state index is 0.0469. The van der Waals surface area contributed by atoms with Gasteiger partial charge in [-0.15, -0.1) is 11.3 Å². The van der Waals surface area contributed by atoms with Gasteiger partial charge in [0.2, 0.25) is 11.9 Å². The van der Waals surface area contributed by atoms with E-state index in [0.29, 0.717) is 0 Å². The van der Waals surface area contributed by atoms with E-state index in [2.05, 4.69) is 10.6 Å². The molecule has 0 unspecified atom stereocenters. The van der Waals surface area contributed by atoms with Crippen LogP contribution in [0, 0.1) is 22.0 Å². The van der Waals surface area contributed by atoms with Crippen LogP contribution in [0.5, 0.6) is 0 Å². The molecule has 34 heavy (non-hydrogen) atoms. The molecular weight excluding hydrogens is 458 g/mol. The van der Waals surface area contributed by atoms with Gasteiger partial charge >= 0.3 is 5.97 Å². The number of amides is 1. The summed E-state index contributed by atoms with van der Waals surface area (Å²) in [5, 5.41) is 29.0. The van der Waals surface area contributed by atoms with Gasteiger partial charge in [-0.05, 0) is 22.9 Å². The highest BCUT2D eigenvalue weighted by molar-refractivity contribution is 7.10. The first kappa shape index (κ1) is 25.8. The molecule has 0 aliphatic carbocycles. The number of carboxylic acid groups (broad SMARTS) is 1. The number of hydrogen-bond acceptors (Lipinski definition) is 7. The lowest BCUT2D eigenvalue weighted by molar-refractivity contribution is -0.535. The van der Waals surface area contributed by atoms with Crippen LogP contribution in [0.15, 0.2) is 47.8 Å². The van der Waals surface area contributed by atoms with E-state index < -0.39 is 42.0 Å². The Bertz CT molecular complexity index is 955. The van der Waals surface area contributed by atoms with Crippen molar-refractivity contribution in [2.75, 3.05) is 6.54 Å². The summed E-state index contributed by atoms with van der Waals surface area (Å²) in [6.45, 7) is 4.19. The van der Waals surface area contributed by atoms with Gasteiger partial charge in [-0.3, -0.25) is 25.0 Å². The van der Waals surface area contributed by atoms with Gasteiger partial charge in [-0.25, -0.2) is 0 Å². The number of carbonyl (C=O) groups excluding carboxylic acids is 1. The highest BCUT2D eigenvalue weighted by atomic mass is 32.1. The molecular formula is C24H31N3O6S. The van der Waals surface area contributed by atoms with Crippen LogP contribution in [0.2, 0.25) is 0 Å². The van der Waals surface area contributed by atoms with Gasteiger partial charge in [0.25, 0.3) is 0 Å². The second-order valence-corrected chi connectivity index (χ2v) is 9.55. The van der Waals surface area contributed by atoms with E-state index in [-0.39, 0.29) is 30.4 Å². The topological polar surface area (TPSA) is 131 Å². The second-order valence-electron chi connectivity index (χ2n) is 8.57. The Hall–Kier alpha value is -2.82. The Labute approximate surface area is 202 Å². The van der Waals surface area contributed by atoms with E-state index >= 15 is 0 Å². The number of benzene rings is 1. The average Bonchev–Trinajstić information content (AvgIpc) is 3.47. The van der Waals surface area contributed by atoms with Crippen LogP contribution in [-0.4, -0.2) is 46.6 Å². The maximum atomic E-state index is 13.2. The first-order valence-corrected chi connectivity index (χ1v) is 12.3. The average molecular weight is 490 g/mol. The summed E-state index contributed by atoms with van der Waals surface area (Å²) in [6, 6.07) is 10.6. The van der Waals surface area contributed by atoms with Gasteiger partial charge in [0, 0.05) is 16.3 Å². The molecule has 1 aliphatic heterocycles. The van der Waals surface area contributed by atoms with E-state index in [1.807, 2.05) is 61.7 Å². The van der Waals surface area contributed by atoms with Crippen molar-refractivity contribution in [3.8, 4) is 0 Å². The summed E-state index contributed by atoms with van der Waals surface area (Å²) >= 11 is 1.40. The van der Waals surface area contributed by atoms with Crippen molar-refractivity contribution in [1.29, 1.82) is 0 Å². The molecule has 1 aromatic heterocycles. The van der Waals surface area contributed by atoms with Crippen LogP contribution >= 0.6 is 11.3 Å². The quantitative estimate of drug-likeness (QED) is 0.308. The van der Waals surface area contributed by atoms with Crippen molar-refractivity contribution in [3.63, 3.8) is 0 Å². The number of carbonyl (C=O) groups is 2. The lowest BCUT2D eigenvalue weighted by Gasteiger charge is -2.32. The van der Waals surface area contributed by atoms with Crippen molar-refractivity contribution in [2.45, 2.75) is 57.5 Å². The molecule has 0 radical (unpaired) electrons. The van der Waals surface area contributed by atoms with E-state index in [9.17, 15) is 19.7 Å². The van der Waals surface area contributed by atoms with Crippen LogP contribution in [0.25, 0.3) is 0 Å². The molecule has 3 N–H and O–H groups in total. The highest BCUT2D eigenvalue weighted by Gasteiger charge is 2.58. The summed E-state index contributed by atoms with van der Waals surface area (Å²) in [5.41, 5.74) is 0.941. The molecule has 6 atom stereocenters. The van der Waals surface area contributed by atoms with E-state index in [0.717, 1.165) is 16.9 Å². The van der Waals surface area contributed by atoms with Crippen molar-refractivity contribution in [1.82, 2.24) is 10.6 Å². The van der Waals surface area contributed by atoms with Crippen molar-refractivity contribution in [3.05, 3.63) is 68.4 Å². The third kappa shape index (κ3) is 6.19. The Balaban J connectivity index is 1.94. The predicted molar refractivity (Wildman–Crippen MR) is 128 cm³/mol. The standard InChI is InChI=1S/C24H31N3O6S/c1-3-15(2)23(33-14-16-8-5-4-6-9-16)19-21(24(30)25-12-11-18(28)29)26-20(22(19)27(31)32)17-10-7-13-34-17/h4-10,13,15,19-23,26H,3,11-12,14H2,1-2H3,(H,25,30)(H,28,29)/t15-,19+,20+,21-,22-,23+/m0/s1. The third-order valence-electron chi connectivity index (χ3n) is 6.36. The molecule has 0 saturated carbocycles. The lowest BCUT2D eigenvalue weighted by atomic mass is 9.81. The predicted octanol–water partition coefficient (Wildman–Crippen LogP) is 3.24. The maximum absolute atomic E-state index is 13.2. The molecule has 0 spiro atoms. The summed E-state index contributed by atoms with van der Waals surface area (Å²) in [5.74, 6) is -2.27. The zero-order valence-electron chi connectivity index (χ0n) is 19.3. The van der Waals surface area contributed by atoms with Crippen molar-refractivity contribution >= 4 is 23.2 Å². The van der Waals surface area contributed by atoms with Gasteiger partial charge in [0.05, 0.1) is 31.1 Å². The minimum atomic E-state index is -1.08. The number of carboxylic acids is 1. The van der Waals surface area contributed by atoms with Gasteiger partial charge in [0.1, 0.15) is 6.04 Å². The number of thiophene rings is 1. The number of hydrogen-bond donors (Lipinski definition) is 3. The van der Waals surface area contributed by atoms with E-state index in [1.54, 1.807) is 0 Å². The molecule has 1 aromatic carbocycles. The fourth-order valence-electron chi connectivity index (χ4n) is 4.49. The van der Waals surface area contributed by atoms with Gasteiger partial charge in [0.15, 0.2) is 0 Å². The Morgan fingerprint density at radius 1 is 1.26 bits per heavy atom. The minimum Gasteiger partial charge on any atom is -0.481 e. The number of nitrogens with zero attached hydrogens (tertiary/aromatic N) is 1. The second kappa shape index (κ2) is 12.0. The molecule has 0 bridgehead atoms. The number of ether oxygens (including phenoxy) is 1. The third-order valence-corrected chi connectivity index (χ3v) is 7.32. The highest BCUT2D eigenvalue weighted by Crippen LogP contribution is 2.41. The first-order chi connectivity index (χ1) is 16.3. The van der Waals surface area contributed by atoms with Gasteiger partial charge < -0.3 is 15.2 Å². The zero-order valence-corrected chi connectivity index (χ0v) is 20.1. The molecule has 1 fully saturated rings. The van der Waals surface area contributed by atoms with Crippen LogP contribution < -0.4 is 10.6 Å². The Morgan fingerprint density at radius 2 is 2.00 bits per heavy atom. The Kier molecular flexibility index (Phi) is 9.14. The smallest absolute Gasteiger partial charge is 0.305 e. The van der Waals surface area contributed by atoms with Gasteiger partial charge in [-0.1, -0.05) is 56.7 Å². The summed E-state index contributed by atoms with van der Waals surface area (Å²) in [6.07, 6.45) is -0.0689. The summed E-state index contributed by atoms with van der Waals surface area (Å²) in [7, 11) is 0. The van der Waals surface area contributed by atoms with Crippen LogP contribution in [0.3, 0.4) is 0 Å². The van der Waals surface area contributed by atoms with E-state index in [4.69, 9.17) is 9.84 Å². The van der Waals surface area contributed by atoms with Gasteiger partial charge in [-0.2, -0.15) is 0 Å². The van der Waals surface area contributed by atoms with Crippen LogP contribution in [0.1, 0.15) is 43.2 Å². The number of nitrogens with one attached hydrogen (secondary N) is 2. The normalized spacial score (nSPS) is 23.8. The number of nitro groups is 1. The SMILES string of the molecule is CC[C@H](C)[C@@H](OCc1ccccc1)[C@H]1[C@H]([N+](=O)[O-])[C@@H](c2cccs2)N[C@@H]1C(=O)NCCC(=O)O. The molecule has 2 aromatic rings. The monoisotopic (exact) mass is 489 g/mol. The number of aliphatic carboxylic acids is 1. The molecule has 9 nitrogen and oxygen atoms in total. The fraction of sp³-hybridized carbons (Fsp3) is 0.500. The maximum Gasteiger partial charge on any atom is 0.305 e.